The average Bonchev–Trinajstić information content (AvgIpc) is 2.41. The van der Waals surface area contributed by atoms with E-state index in [2.05, 4.69) is 23.9 Å². The van der Waals surface area contributed by atoms with Gasteiger partial charge in [0.15, 0.2) is 0 Å². The van der Waals surface area contributed by atoms with Crippen molar-refractivity contribution >= 4 is 17.2 Å². The van der Waals surface area contributed by atoms with Crippen molar-refractivity contribution in [3.8, 4) is 0 Å². The fourth-order valence-electron chi connectivity index (χ4n) is 2.73. The van der Waals surface area contributed by atoms with E-state index in [4.69, 9.17) is 18.0 Å². The molecule has 0 amide bonds. The third kappa shape index (κ3) is 3.53. The normalized spacial score (nSPS) is 17.6. The summed E-state index contributed by atoms with van der Waals surface area (Å²) < 4.78 is 14.3. The highest BCUT2D eigenvalue weighted by Gasteiger charge is 2.21. The number of halogens is 1. The van der Waals surface area contributed by atoms with Crippen molar-refractivity contribution in [2.45, 2.75) is 25.4 Å². The second-order valence-electron chi connectivity index (χ2n) is 5.61. The smallest absolute Gasteiger partial charge is 0.137 e. The number of likely N-dealkylation sites (tertiary alicyclic amines) is 1. The lowest BCUT2D eigenvalue weighted by molar-refractivity contribution is 0.139. The predicted octanol–water partition coefficient (Wildman–Crippen LogP) is 1.99. The highest BCUT2D eigenvalue weighted by atomic mass is 32.1. The molecule has 2 rings (SSSR count). The van der Waals surface area contributed by atoms with E-state index in [9.17, 15) is 4.39 Å². The maximum atomic E-state index is 14.3. The number of thiocarbonyl (C=S) groups is 1. The van der Waals surface area contributed by atoms with E-state index in [-0.39, 0.29) is 10.8 Å². The largest absolute Gasteiger partial charge is 0.389 e. The predicted molar refractivity (Wildman–Crippen MR) is 84.3 cm³/mol. The van der Waals surface area contributed by atoms with Crippen LogP contribution in [0.4, 0.5) is 4.39 Å². The Kier molecular flexibility index (Phi) is 5.07. The van der Waals surface area contributed by atoms with Crippen molar-refractivity contribution in [1.82, 2.24) is 9.80 Å². The van der Waals surface area contributed by atoms with Crippen LogP contribution in [0, 0.1) is 5.82 Å². The van der Waals surface area contributed by atoms with Gasteiger partial charge in [0.25, 0.3) is 0 Å². The van der Waals surface area contributed by atoms with Crippen LogP contribution in [0.1, 0.15) is 24.0 Å². The molecule has 1 saturated heterocycles. The standard InChI is InChI=1S/C15H22FN3S/c1-18(2)12-6-8-19(9-7-12)10-11-4-3-5-13(14(11)16)15(17)20/h3-5,12H,6-10H2,1-2H3,(H2,17,20). The zero-order chi connectivity index (χ0) is 14.7. The van der Waals surface area contributed by atoms with Crippen molar-refractivity contribution in [2.24, 2.45) is 5.73 Å². The Balaban J connectivity index is 2.01. The molecule has 1 aromatic carbocycles. The number of piperidine rings is 1. The second kappa shape index (κ2) is 6.61. The van der Waals surface area contributed by atoms with Crippen LogP contribution in [0.15, 0.2) is 18.2 Å². The van der Waals surface area contributed by atoms with Gasteiger partial charge >= 0.3 is 0 Å². The quantitative estimate of drug-likeness (QED) is 0.861. The fourth-order valence-corrected chi connectivity index (χ4v) is 2.88. The van der Waals surface area contributed by atoms with Gasteiger partial charge in [0.2, 0.25) is 0 Å². The summed E-state index contributed by atoms with van der Waals surface area (Å²) in [6.45, 7) is 2.63. The van der Waals surface area contributed by atoms with E-state index in [1.54, 1.807) is 6.07 Å². The second-order valence-corrected chi connectivity index (χ2v) is 6.05. The van der Waals surface area contributed by atoms with Crippen LogP contribution in [0.25, 0.3) is 0 Å². The maximum absolute atomic E-state index is 14.3. The van der Waals surface area contributed by atoms with Gasteiger partial charge in [0.1, 0.15) is 10.8 Å². The summed E-state index contributed by atoms with van der Waals surface area (Å²) in [5.74, 6) is -0.269. The molecule has 0 saturated carbocycles. The molecule has 5 heteroatoms. The van der Waals surface area contributed by atoms with E-state index in [1.165, 1.54) is 0 Å². The molecule has 0 spiro atoms. The van der Waals surface area contributed by atoms with E-state index in [0.29, 0.717) is 23.7 Å². The Labute approximate surface area is 125 Å². The molecule has 0 unspecified atom stereocenters. The Hall–Kier alpha value is -1.04. The fraction of sp³-hybridized carbons (Fsp3) is 0.533. The average molecular weight is 295 g/mol. The first-order chi connectivity index (χ1) is 9.49. The van der Waals surface area contributed by atoms with Crippen LogP contribution in [0.5, 0.6) is 0 Å². The minimum Gasteiger partial charge on any atom is -0.389 e. The zero-order valence-electron chi connectivity index (χ0n) is 12.1. The zero-order valence-corrected chi connectivity index (χ0v) is 12.9. The van der Waals surface area contributed by atoms with E-state index >= 15 is 0 Å². The molecule has 20 heavy (non-hydrogen) atoms. The summed E-state index contributed by atoms with van der Waals surface area (Å²) >= 11 is 4.88. The Morgan fingerprint density at radius 1 is 1.40 bits per heavy atom. The van der Waals surface area contributed by atoms with Gasteiger partial charge < -0.3 is 10.6 Å². The Morgan fingerprint density at radius 3 is 2.60 bits per heavy atom. The minimum atomic E-state index is -0.269. The van der Waals surface area contributed by atoms with Crippen LogP contribution < -0.4 is 5.73 Å². The first-order valence-electron chi connectivity index (χ1n) is 6.95. The van der Waals surface area contributed by atoms with Crippen molar-refractivity contribution in [2.75, 3.05) is 27.2 Å². The molecule has 0 aromatic heterocycles. The number of benzene rings is 1. The lowest BCUT2D eigenvalue weighted by atomic mass is 10.0. The first-order valence-corrected chi connectivity index (χ1v) is 7.36. The van der Waals surface area contributed by atoms with Crippen LogP contribution in [-0.2, 0) is 6.54 Å². The SMILES string of the molecule is CN(C)C1CCN(Cc2cccc(C(N)=S)c2F)CC1. The summed E-state index contributed by atoms with van der Waals surface area (Å²) in [5.41, 5.74) is 6.57. The van der Waals surface area contributed by atoms with Crippen LogP contribution in [0.3, 0.4) is 0 Å². The monoisotopic (exact) mass is 295 g/mol. The Morgan fingerprint density at radius 2 is 2.05 bits per heavy atom. The molecule has 0 radical (unpaired) electrons. The molecule has 0 bridgehead atoms. The molecule has 1 aliphatic heterocycles. The molecular formula is C15H22FN3S. The van der Waals surface area contributed by atoms with Crippen molar-refractivity contribution in [1.29, 1.82) is 0 Å². The van der Waals surface area contributed by atoms with Gasteiger partial charge in [-0.25, -0.2) is 4.39 Å². The summed E-state index contributed by atoms with van der Waals surface area (Å²) in [7, 11) is 4.23. The molecule has 1 aromatic rings. The third-order valence-electron chi connectivity index (χ3n) is 4.03. The molecule has 3 nitrogen and oxygen atoms in total. The number of hydrogen-bond donors (Lipinski definition) is 1. The minimum absolute atomic E-state index is 0.121. The molecule has 110 valence electrons. The van der Waals surface area contributed by atoms with Crippen molar-refractivity contribution in [3.63, 3.8) is 0 Å². The Bertz CT molecular complexity index is 482. The molecular weight excluding hydrogens is 273 g/mol. The van der Waals surface area contributed by atoms with Gasteiger partial charge in [-0.1, -0.05) is 24.4 Å². The lowest BCUT2D eigenvalue weighted by Crippen LogP contribution is -2.41. The molecule has 0 aliphatic carbocycles. The summed E-state index contributed by atoms with van der Waals surface area (Å²) in [6.07, 6.45) is 2.26. The molecule has 2 N–H and O–H groups in total. The van der Waals surface area contributed by atoms with Crippen molar-refractivity contribution < 1.29 is 4.39 Å². The van der Waals surface area contributed by atoms with Crippen LogP contribution in [-0.4, -0.2) is 48.0 Å². The molecule has 0 atom stereocenters. The summed E-state index contributed by atoms with van der Waals surface area (Å²) in [6, 6.07) is 5.91. The lowest BCUT2D eigenvalue weighted by Gasteiger charge is -2.35. The van der Waals surface area contributed by atoms with E-state index < -0.39 is 0 Å². The van der Waals surface area contributed by atoms with Gasteiger partial charge in [0.05, 0.1) is 0 Å². The highest BCUT2D eigenvalue weighted by Crippen LogP contribution is 2.19. The number of nitrogens with zero attached hydrogens (tertiary/aromatic N) is 2. The van der Waals surface area contributed by atoms with Gasteiger partial charge in [0, 0.05) is 23.7 Å². The van der Waals surface area contributed by atoms with Gasteiger partial charge in [-0.3, -0.25) is 4.90 Å². The summed E-state index contributed by atoms with van der Waals surface area (Å²) in [5, 5.41) is 0. The molecule has 1 fully saturated rings. The van der Waals surface area contributed by atoms with Crippen LogP contribution in [0.2, 0.25) is 0 Å². The number of hydrogen-bond acceptors (Lipinski definition) is 3. The van der Waals surface area contributed by atoms with Crippen LogP contribution >= 0.6 is 12.2 Å². The number of nitrogens with two attached hydrogens (primary N) is 1. The summed E-state index contributed by atoms with van der Waals surface area (Å²) in [4.78, 5) is 4.68. The molecule has 1 aliphatic rings. The van der Waals surface area contributed by atoms with Crippen molar-refractivity contribution in [3.05, 3.63) is 35.1 Å². The van der Waals surface area contributed by atoms with E-state index in [1.807, 2.05) is 12.1 Å². The van der Waals surface area contributed by atoms with E-state index in [0.717, 1.165) is 25.9 Å². The maximum Gasteiger partial charge on any atom is 0.137 e. The van der Waals surface area contributed by atoms with Gasteiger partial charge in [-0.2, -0.15) is 0 Å². The molecule has 1 heterocycles. The topological polar surface area (TPSA) is 32.5 Å². The highest BCUT2D eigenvalue weighted by molar-refractivity contribution is 7.80. The first kappa shape index (κ1) is 15.4. The van der Waals surface area contributed by atoms with Gasteiger partial charge in [-0.15, -0.1) is 0 Å². The van der Waals surface area contributed by atoms with Gasteiger partial charge in [-0.05, 0) is 46.1 Å². The third-order valence-corrected chi connectivity index (χ3v) is 4.25. The number of rotatable bonds is 4.